The van der Waals surface area contributed by atoms with E-state index in [2.05, 4.69) is 15.7 Å². The minimum atomic E-state index is -1.62. The van der Waals surface area contributed by atoms with E-state index in [0.29, 0.717) is 18.7 Å². The lowest BCUT2D eigenvalue weighted by atomic mass is 10.2. The molecule has 0 saturated carbocycles. The summed E-state index contributed by atoms with van der Waals surface area (Å²) in [6, 6.07) is 2.24. The maximum Gasteiger partial charge on any atom is 0.322 e. The molecular weight excluding hydrogens is 351 g/mol. The Hall–Kier alpha value is -3.04. The fourth-order valence-electron chi connectivity index (χ4n) is 2.21. The number of nitrogens with zero attached hydrogens (tertiary/aromatic N) is 3. The van der Waals surface area contributed by atoms with Crippen molar-refractivity contribution in [3.05, 3.63) is 41.3 Å². The van der Waals surface area contributed by atoms with E-state index in [9.17, 15) is 22.8 Å². The number of anilines is 2. The highest BCUT2D eigenvalue weighted by molar-refractivity contribution is 6.04. The summed E-state index contributed by atoms with van der Waals surface area (Å²) in [6.07, 6.45) is 0.782. The van der Waals surface area contributed by atoms with Crippen LogP contribution in [0, 0.1) is 17.5 Å². The van der Waals surface area contributed by atoms with Crippen LogP contribution in [0.25, 0.3) is 0 Å². The van der Waals surface area contributed by atoms with Gasteiger partial charge in [0.1, 0.15) is 5.69 Å². The number of rotatable bonds is 5. The maximum absolute atomic E-state index is 13.2. The van der Waals surface area contributed by atoms with E-state index in [1.807, 2.05) is 6.92 Å². The third-order valence-corrected chi connectivity index (χ3v) is 3.49. The van der Waals surface area contributed by atoms with E-state index in [1.165, 1.54) is 22.7 Å². The number of carbonyl (C=O) groups excluding carboxylic acids is 2. The first kappa shape index (κ1) is 19.3. The SMILES string of the molecule is CCCN(C)C(=O)Nc1cc(C(=O)Nc2cc(F)c(F)c(F)c2)n(C)n1. The van der Waals surface area contributed by atoms with Crippen molar-refractivity contribution >= 4 is 23.4 Å². The molecule has 0 aliphatic rings. The van der Waals surface area contributed by atoms with Crippen molar-refractivity contribution in [2.24, 2.45) is 7.05 Å². The van der Waals surface area contributed by atoms with Crippen molar-refractivity contribution in [2.75, 3.05) is 24.2 Å². The van der Waals surface area contributed by atoms with Crippen molar-refractivity contribution in [1.29, 1.82) is 0 Å². The van der Waals surface area contributed by atoms with Crippen LogP contribution in [0.4, 0.5) is 29.5 Å². The molecule has 0 saturated heterocycles. The predicted molar refractivity (Wildman–Crippen MR) is 89.4 cm³/mol. The molecule has 2 aromatic rings. The van der Waals surface area contributed by atoms with Gasteiger partial charge < -0.3 is 10.2 Å². The van der Waals surface area contributed by atoms with Gasteiger partial charge in [0.25, 0.3) is 5.91 Å². The van der Waals surface area contributed by atoms with Gasteiger partial charge in [-0.25, -0.2) is 18.0 Å². The molecule has 0 fully saturated rings. The minimum absolute atomic E-state index is 0.0311. The molecule has 0 unspecified atom stereocenters. The van der Waals surface area contributed by atoms with Gasteiger partial charge in [0, 0.05) is 44.5 Å². The average Bonchev–Trinajstić information content (AvgIpc) is 2.93. The average molecular weight is 369 g/mol. The number of nitrogens with one attached hydrogen (secondary N) is 2. The summed E-state index contributed by atoms with van der Waals surface area (Å²) in [4.78, 5) is 25.6. The number of aryl methyl sites for hydroxylation is 1. The van der Waals surface area contributed by atoms with E-state index in [0.717, 1.165) is 6.42 Å². The molecule has 10 heteroatoms. The molecule has 7 nitrogen and oxygen atoms in total. The van der Waals surface area contributed by atoms with Gasteiger partial charge in [0.2, 0.25) is 0 Å². The van der Waals surface area contributed by atoms with E-state index in [4.69, 9.17) is 0 Å². The first-order valence-electron chi connectivity index (χ1n) is 7.75. The minimum Gasteiger partial charge on any atom is -0.328 e. The third kappa shape index (κ3) is 4.32. The van der Waals surface area contributed by atoms with E-state index >= 15 is 0 Å². The Morgan fingerprint density at radius 1 is 1.15 bits per heavy atom. The Bertz CT molecular complexity index is 814. The fraction of sp³-hybridized carbons (Fsp3) is 0.312. The molecule has 0 atom stereocenters. The van der Waals surface area contributed by atoms with Crippen LogP contribution in [-0.4, -0.2) is 40.2 Å². The summed E-state index contributed by atoms with van der Waals surface area (Å²) in [5.74, 6) is -5.05. The van der Waals surface area contributed by atoms with Crippen LogP contribution in [-0.2, 0) is 7.05 Å². The number of halogens is 3. The molecule has 1 heterocycles. The van der Waals surface area contributed by atoms with E-state index in [-0.39, 0.29) is 23.2 Å². The lowest BCUT2D eigenvalue weighted by Crippen LogP contribution is -2.32. The second-order valence-corrected chi connectivity index (χ2v) is 5.60. The summed E-state index contributed by atoms with van der Waals surface area (Å²) in [5, 5.41) is 8.78. The lowest BCUT2D eigenvalue weighted by molar-refractivity contribution is 0.101. The molecular formula is C16H18F3N5O2. The Kier molecular flexibility index (Phi) is 5.86. The zero-order chi connectivity index (χ0) is 19.4. The first-order valence-corrected chi connectivity index (χ1v) is 7.75. The summed E-state index contributed by atoms with van der Waals surface area (Å²) in [7, 11) is 3.08. The molecule has 2 N–H and O–H groups in total. The van der Waals surface area contributed by atoms with Crippen molar-refractivity contribution in [1.82, 2.24) is 14.7 Å². The third-order valence-electron chi connectivity index (χ3n) is 3.49. The fourth-order valence-corrected chi connectivity index (χ4v) is 2.21. The molecule has 0 bridgehead atoms. The number of benzene rings is 1. The van der Waals surface area contributed by atoms with Crippen LogP contribution in [0.2, 0.25) is 0 Å². The molecule has 0 spiro atoms. The maximum atomic E-state index is 13.2. The zero-order valence-electron chi connectivity index (χ0n) is 14.4. The summed E-state index contributed by atoms with van der Waals surface area (Å²) < 4.78 is 40.6. The van der Waals surface area contributed by atoms with Crippen molar-refractivity contribution < 1.29 is 22.8 Å². The molecule has 2 rings (SSSR count). The topological polar surface area (TPSA) is 79.3 Å². The van der Waals surface area contributed by atoms with Gasteiger partial charge in [-0.15, -0.1) is 0 Å². The molecule has 26 heavy (non-hydrogen) atoms. The Labute approximate surface area is 147 Å². The smallest absolute Gasteiger partial charge is 0.322 e. The number of aromatic nitrogens is 2. The normalized spacial score (nSPS) is 10.5. The van der Waals surface area contributed by atoms with Crippen LogP contribution in [0.1, 0.15) is 23.8 Å². The largest absolute Gasteiger partial charge is 0.328 e. The van der Waals surface area contributed by atoms with Gasteiger partial charge in [-0.05, 0) is 6.42 Å². The van der Waals surface area contributed by atoms with Crippen LogP contribution in [0.5, 0.6) is 0 Å². The second kappa shape index (κ2) is 7.89. The number of hydrogen-bond acceptors (Lipinski definition) is 3. The van der Waals surface area contributed by atoms with Crippen molar-refractivity contribution in [3.63, 3.8) is 0 Å². The second-order valence-electron chi connectivity index (χ2n) is 5.60. The molecule has 3 amide bonds. The highest BCUT2D eigenvalue weighted by atomic mass is 19.2. The van der Waals surface area contributed by atoms with Gasteiger partial charge in [0.15, 0.2) is 23.3 Å². The van der Waals surface area contributed by atoms with Gasteiger partial charge in [-0.1, -0.05) is 6.92 Å². The summed E-state index contributed by atoms with van der Waals surface area (Å²) >= 11 is 0. The van der Waals surface area contributed by atoms with Gasteiger partial charge in [-0.2, -0.15) is 5.10 Å². The predicted octanol–water partition coefficient (Wildman–Crippen LogP) is 2.96. The Balaban J connectivity index is 2.13. The Morgan fingerprint density at radius 2 is 1.77 bits per heavy atom. The first-order chi connectivity index (χ1) is 12.2. The van der Waals surface area contributed by atoms with Crippen LogP contribution >= 0.6 is 0 Å². The number of amides is 3. The van der Waals surface area contributed by atoms with Crippen molar-refractivity contribution in [3.8, 4) is 0 Å². The quantitative estimate of drug-likeness (QED) is 0.796. The highest BCUT2D eigenvalue weighted by Crippen LogP contribution is 2.18. The van der Waals surface area contributed by atoms with Gasteiger partial charge in [0.05, 0.1) is 0 Å². The summed E-state index contributed by atoms with van der Waals surface area (Å²) in [5.41, 5.74) is -0.218. The number of hydrogen-bond donors (Lipinski definition) is 2. The van der Waals surface area contributed by atoms with Crippen molar-refractivity contribution in [2.45, 2.75) is 13.3 Å². The molecule has 140 valence electrons. The highest BCUT2D eigenvalue weighted by Gasteiger charge is 2.18. The molecule has 0 radical (unpaired) electrons. The lowest BCUT2D eigenvalue weighted by Gasteiger charge is -2.15. The van der Waals surface area contributed by atoms with E-state index < -0.39 is 23.4 Å². The Morgan fingerprint density at radius 3 is 2.35 bits per heavy atom. The number of urea groups is 1. The molecule has 0 aliphatic heterocycles. The number of carbonyl (C=O) groups is 2. The molecule has 1 aromatic heterocycles. The van der Waals surface area contributed by atoms with Crippen LogP contribution < -0.4 is 10.6 Å². The van der Waals surface area contributed by atoms with Crippen LogP contribution in [0.15, 0.2) is 18.2 Å². The monoisotopic (exact) mass is 369 g/mol. The van der Waals surface area contributed by atoms with E-state index in [1.54, 1.807) is 7.05 Å². The summed E-state index contributed by atoms with van der Waals surface area (Å²) in [6.45, 7) is 2.47. The van der Waals surface area contributed by atoms with Gasteiger partial charge >= 0.3 is 6.03 Å². The molecule has 1 aromatic carbocycles. The molecule has 0 aliphatic carbocycles. The standard InChI is InChI=1S/C16H18F3N5O2/c1-4-5-23(2)16(26)21-13-8-12(24(3)22-13)15(25)20-9-6-10(17)14(19)11(18)7-9/h6-8H,4-5H2,1-3H3,(H,20,25)(H,21,22,26). The van der Waals surface area contributed by atoms with Crippen LogP contribution in [0.3, 0.4) is 0 Å². The zero-order valence-corrected chi connectivity index (χ0v) is 14.4. The van der Waals surface area contributed by atoms with Gasteiger partial charge in [-0.3, -0.25) is 14.8 Å².